The number of carbonyl (C=O) groups excluding carboxylic acids is 1. The molecule has 4 heteroatoms. The molecule has 0 saturated carbocycles. The third-order valence-electron chi connectivity index (χ3n) is 1.63. The number of hydrogen-bond acceptors (Lipinski definition) is 2. The van der Waals surface area contributed by atoms with Crippen LogP contribution in [0.1, 0.15) is 24.3 Å². The predicted molar refractivity (Wildman–Crippen MR) is 51.5 cm³/mol. The molecule has 1 aromatic rings. The maximum Gasteiger partial charge on any atom is 0.270 e. The summed E-state index contributed by atoms with van der Waals surface area (Å²) in [6.07, 6.45) is 1.34. The van der Waals surface area contributed by atoms with Crippen LogP contribution in [0.4, 0.5) is 0 Å². The molecule has 0 aromatic carbocycles. The maximum atomic E-state index is 11.4. The lowest BCUT2D eigenvalue weighted by Gasteiger charge is -2.06. The fourth-order valence-corrected chi connectivity index (χ4v) is 0.923. The number of nitrogens with one attached hydrogen (secondary N) is 1. The normalized spacial score (nSPS) is 10.2. The van der Waals surface area contributed by atoms with Gasteiger partial charge in [0, 0.05) is 24.9 Å². The van der Waals surface area contributed by atoms with E-state index < -0.39 is 0 Å². The van der Waals surface area contributed by atoms with Gasteiger partial charge in [0.2, 0.25) is 0 Å². The molecule has 1 heterocycles. The zero-order chi connectivity index (χ0) is 10.6. The molecule has 0 aliphatic carbocycles. The smallest absolute Gasteiger partial charge is 0.270 e. The molecule has 0 fully saturated rings. The molecule has 0 aliphatic heterocycles. The van der Waals surface area contributed by atoms with Crippen LogP contribution < -0.4 is 5.32 Å². The molecule has 0 unspecified atom stereocenters. The van der Waals surface area contributed by atoms with Gasteiger partial charge in [0.25, 0.3) is 5.91 Å². The van der Waals surface area contributed by atoms with E-state index in [4.69, 9.17) is 0 Å². The van der Waals surface area contributed by atoms with Crippen LogP contribution in [-0.2, 0) is 5.11 Å². The first-order valence-electron chi connectivity index (χ1n) is 4.51. The molecule has 1 rings (SSSR count). The van der Waals surface area contributed by atoms with Gasteiger partial charge in [-0.05, 0) is 5.92 Å². The molecule has 75 valence electrons. The number of hydrogen-bond donors (Lipinski definition) is 1. The van der Waals surface area contributed by atoms with E-state index >= 15 is 0 Å². The fourth-order valence-electron chi connectivity index (χ4n) is 0.923. The maximum absolute atomic E-state index is 11.4. The summed E-state index contributed by atoms with van der Waals surface area (Å²) in [6, 6.07) is 2.55. The van der Waals surface area contributed by atoms with Gasteiger partial charge in [0.05, 0.1) is 0 Å². The van der Waals surface area contributed by atoms with Crippen molar-refractivity contribution < 1.29 is 9.90 Å². The number of carbonyl (C=O) groups is 1. The van der Waals surface area contributed by atoms with Crippen LogP contribution in [-0.4, -0.2) is 17.4 Å². The van der Waals surface area contributed by atoms with Crippen molar-refractivity contribution in [2.75, 3.05) is 6.54 Å². The van der Waals surface area contributed by atoms with E-state index in [0.29, 0.717) is 12.5 Å². The van der Waals surface area contributed by atoms with Gasteiger partial charge in [-0.1, -0.05) is 13.8 Å². The summed E-state index contributed by atoms with van der Waals surface area (Å²) in [4.78, 5) is 15.2. The van der Waals surface area contributed by atoms with Crippen molar-refractivity contribution in [2.24, 2.45) is 5.92 Å². The summed E-state index contributed by atoms with van der Waals surface area (Å²) in [7, 11) is 0. The SMILES string of the molecule is CC(C)CNC(=O)c1cc([O])ccn1. The second kappa shape index (κ2) is 4.60. The van der Waals surface area contributed by atoms with Crippen molar-refractivity contribution in [3.05, 3.63) is 24.0 Å². The van der Waals surface area contributed by atoms with Gasteiger partial charge in [-0.2, -0.15) is 0 Å². The van der Waals surface area contributed by atoms with Crippen molar-refractivity contribution in [1.29, 1.82) is 0 Å². The number of amides is 1. The molecule has 0 saturated heterocycles. The largest absolute Gasteiger partial charge is 0.350 e. The van der Waals surface area contributed by atoms with E-state index in [1.54, 1.807) is 0 Å². The Morgan fingerprint density at radius 2 is 2.29 bits per heavy atom. The highest BCUT2D eigenvalue weighted by molar-refractivity contribution is 5.92. The highest BCUT2D eigenvalue weighted by Crippen LogP contribution is 2.08. The summed E-state index contributed by atoms with van der Waals surface area (Å²) in [5.41, 5.74) is 0.179. The average molecular weight is 193 g/mol. The van der Waals surface area contributed by atoms with E-state index in [-0.39, 0.29) is 17.4 Å². The van der Waals surface area contributed by atoms with Gasteiger partial charge < -0.3 is 5.32 Å². The van der Waals surface area contributed by atoms with Crippen LogP contribution in [0.25, 0.3) is 0 Å². The van der Waals surface area contributed by atoms with Crippen LogP contribution in [0.3, 0.4) is 0 Å². The Bertz CT molecular complexity index is 324. The zero-order valence-corrected chi connectivity index (χ0v) is 8.28. The summed E-state index contributed by atoms with van der Waals surface area (Å²) in [5, 5.41) is 13.6. The quantitative estimate of drug-likeness (QED) is 0.792. The molecule has 4 nitrogen and oxygen atoms in total. The fraction of sp³-hybridized carbons (Fsp3) is 0.400. The van der Waals surface area contributed by atoms with E-state index in [1.807, 2.05) is 13.8 Å². The van der Waals surface area contributed by atoms with Crippen LogP contribution >= 0.6 is 0 Å². The number of aromatic nitrogens is 1. The minimum absolute atomic E-state index is 0.179. The number of rotatable bonds is 3. The van der Waals surface area contributed by atoms with Crippen molar-refractivity contribution >= 4 is 5.91 Å². The highest BCUT2D eigenvalue weighted by Gasteiger charge is 2.07. The van der Waals surface area contributed by atoms with Gasteiger partial charge in [-0.3, -0.25) is 14.9 Å². The minimum atomic E-state index is -0.295. The topological polar surface area (TPSA) is 61.9 Å². The van der Waals surface area contributed by atoms with Gasteiger partial charge in [0.1, 0.15) is 5.69 Å². The third-order valence-corrected chi connectivity index (χ3v) is 1.63. The summed E-state index contributed by atoms with van der Waals surface area (Å²) < 4.78 is 0. The third kappa shape index (κ3) is 3.05. The Kier molecular flexibility index (Phi) is 3.45. The Morgan fingerprint density at radius 1 is 1.57 bits per heavy atom. The lowest BCUT2D eigenvalue weighted by Crippen LogP contribution is -2.27. The molecular weight excluding hydrogens is 180 g/mol. The molecule has 1 radical (unpaired) electrons. The van der Waals surface area contributed by atoms with Crippen molar-refractivity contribution in [2.45, 2.75) is 13.8 Å². The lowest BCUT2D eigenvalue weighted by atomic mass is 10.2. The van der Waals surface area contributed by atoms with Crippen molar-refractivity contribution in [1.82, 2.24) is 10.3 Å². The predicted octanol–water partition coefficient (Wildman–Crippen LogP) is 1.61. The minimum Gasteiger partial charge on any atom is -0.350 e. The van der Waals surface area contributed by atoms with E-state index in [0.717, 1.165) is 0 Å². The Labute approximate surface area is 83.0 Å². The second-order valence-electron chi connectivity index (χ2n) is 3.48. The first kappa shape index (κ1) is 10.5. The van der Waals surface area contributed by atoms with E-state index in [9.17, 15) is 9.90 Å². The Morgan fingerprint density at radius 3 is 2.86 bits per heavy atom. The zero-order valence-electron chi connectivity index (χ0n) is 8.28. The van der Waals surface area contributed by atoms with Crippen LogP contribution in [0.2, 0.25) is 0 Å². The lowest BCUT2D eigenvalue weighted by molar-refractivity contribution is 0.0943. The number of pyridine rings is 1. The van der Waals surface area contributed by atoms with Crippen molar-refractivity contribution in [3.63, 3.8) is 0 Å². The van der Waals surface area contributed by atoms with Crippen LogP contribution in [0.5, 0.6) is 5.75 Å². The van der Waals surface area contributed by atoms with E-state index in [1.165, 1.54) is 18.3 Å². The molecule has 1 N–H and O–H groups in total. The summed E-state index contributed by atoms with van der Waals surface area (Å²) in [5.74, 6) is -0.111. The molecule has 0 aliphatic rings. The van der Waals surface area contributed by atoms with Gasteiger partial charge in [-0.25, -0.2) is 0 Å². The van der Waals surface area contributed by atoms with Gasteiger partial charge >= 0.3 is 0 Å². The number of nitrogens with zero attached hydrogens (tertiary/aromatic N) is 1. The molecule has 0 atom stereocenters. The van der Waals surface area contributed by atoms with Crippen LogP contribution in [0.15, 0.2) is 18.3 Å². The first-order chi connectivity index (χ1) is 6.59. The highest BCUT2D eigenvalue weighted by atomic mass is 16.3. The summed E-state index contributed by atoms with van der Waals surface area (Å²) >= 11 is 0. The van der Waals surface area contributed by atoms with Gasteiger partial charge in [0.15, 0.2) is 5.75 Å². The Hall–Kier alpha value is -1.58. The Balaban J connectivity index is 2.61. The van der Waals surface area contributed by atoms with Gasteiger partial charge in [-0.15, -0.1) is 0 Å². The summed E-state index contributed by atoms with van der Waals surface area (Å²) in [6.45, 7) is 4.58. The van der Waals surface area contributed by atoms with E-state index in [2.05, 4.69) is 10.3 Å². The van der Waals surface area contributed by atoms with Crippen molar-refractivity contribution in [3.8, 4) is 5.75 Å². The average Bonchev–Trinajstić information content (AvgIpc) is 2.14. The monoisotopic (exact) mass is 193 g/mol. The molecule has 0 bridgehead atoms. The second-order valence-corrected chi connectivity index (χ2v) is 3.48. The standard InChI is InChI=1S/C10H13N2O2/c1-7(2)6-12-10(14)9-5-8(13)3-4-11-9/h3-5,7H,6H2,1-2H3,(H,12,14). The molecule has 1 amide bonds. The molecule has 1 aromatic heterocycles. The molecule has 14 heavy (non-hydrogen) atoms. The molecule has 0 spiro atoms. The van der Waals surface area contributed by atoms with Crippen LogP contribution in [0, 0.1) is 5.92 Å². The first-order valence-corrected chi connectivity index (χ1v) is 4.51. The molecular formula is C10H13N2O2.